The summed E-state index contributed by atoms with van der Waals surface area (Å²) in [4.78, 5) is 21.7. The second-order valence-electron chi connectivity index (χ2n) is 6.31. The highest BCUT2D eigenvalue weighted by molar-refractivity contribution is 5.84. The molecule has 1 atom stereocenters. The molecular weight excluding hydrogens is 314 g/mol. The first-order valence-corrected chi connectivity index (χ1v) is 8.37. The number of nitrogens with zero attached hydrogens (tertiary/aromatic N) is 4. The average Bonchev–Trinajstić information content (AvgIpc) is 2.98. The molecule has 0 radical (unpaired) electrons. The van der Waals surface area contributed by atoms with Crippen molar-refractivity contribution in [1.29, 1.82) is 0 Å². The summed E-state index contributed by atoms with van der Waals surface area (Å²) in [6.45, 7) is 3.52. The Hall–Kier alpha value is -2.73. The standard InChI is InChI=1S/C19H23N5O/c1-14(17-7-9-21-13-22-17)23(2)11-15-12-24(10-8-19(20)25)18-6-4-3-5-16(15)18/h3-7,9,12-14H,8,10-11H2,1-2H3,(H2,20,25)/t14-/m1/s1. The van der Waals surface area contributed by atoms with E-state index in [0.717, 1.165) is 17.8 Å². The topological polar surface area (TPSA) is 77.0 Å². The number of carbonyl (C=O) groups is 1. The third-order valence-electron chi connectivity index (χ3n) is 4.58. The van der Waals surface area contributed by atoms with Crippen LogP contribution in [0.1, 0.15) is 30.6 Å². The van der Waals surface area contributed by atoms with Gasteiger partial charge < -0.3 is 10.3 Å². The Morgan fingerprint density at radius 1 is 1.32 bits per heavy atom. The molecule has 0 aliphatic rings. The van der Waals surface area contributed by atoms with E-state index in [0.29, 0.717) is 13.0 Å². The molecule has 0 unspecified atom stereocenters. The fourth-order valence-electron chi connectivity index (χ4n) is 3.04. The van der Waals surface area contributed by atoms with Gasteiger partial charge in [0.15, 0.2) is 0 Å². The van der Waals surface area contributed by atoms with E-state index in [1.807, 2.05) is 18.2 Å². The zero-order chi connectivity index (χ0) is 17.8. The van der Waals surface area contributed by atoms with Gasteiger partial charge in [-0.15, -0.1) is 0 Å². The van der Waals surface area contributed by atoms with Crippen LogP contribution < -0.4 is 5.73 Å². The summed E-state index contributed by atoms with van der Waals surface area (Å²) >= 11 is 0. The minimum atomic E-state index is -0.283. The number of rotatable bonds is 7. The molecule has 6 nitrogen and oxygen atoms in total. The fraction of sp³-hybridized carbons (Fsp3) is 0.316. The molecule has 0 saturated heterocycles. The number of benzene rings is 1. The second kappa shape index (κ2) is 7.44. The summed E-state index contributed by atoms with van der Waals surface area (Å²) in [5, 5.41) is 1.20. The molecule has 0 spiro atoms. The van der Waals surface area contributed by atoms with E-state index in [4.69, 9.17) is 5.73 Å². The van der Waals surface area contributed by atoms with Gasteiger partial charge in [0, 0.05) is 48.8 Å². The average molecular weight is 337 g/mol. The normalized spacial score (nSPS) is 12.6. The van der Waals surface area contributed by atoms with Crippen molar-refractivity contribution in [3.8, 4) is 0 Å². The van der Waals surface area contributed by atoms with Gasteiger partial charge in [-0.25, -0.2) is 9.97 Å². The van der Waals surface area contributed by atoms with Crippen LogP contribution in [0.15, 0.2) is 49.1 Å². The molecule has 2 aromatic heterocycles. The Morgan fingerprint density at radius 2 is 2.12 bits per heavy atom. The number of hydrogen-bond acceptors (Lipinski definition) is 4. The van der Waals surface area contributed by atoms with Gasteiger partial charge in [0.05, 0.1) is 5.69 Å². The van der Waals surface area contributed by atoms with Crippen molar-refractivity contribution in [2.24, 2.45) is 5.73 Å². The predicted octanol–water partition coefficient (Wildman–Crippen LogP) is 2.50. The van der Waals surface area contributed by atoms with E-state index < -0.39 is 0 Å². The lowest BCUT2D eigenvalue weighted by molar-refractivity contribution is -0.118. The van der Waals surface area contributed by atoms with E-state index in [9.17, 15) is 4.79 Å². The maximum atomic E-state index is 11.1. The molecule has 2 heterocycles. The van der Waals surface area contributed by atoms with Crippen molar-refractivity contribution in [3.05, 3.63) is 60.3 Å². The molecule has 0 fully saturated rings. The van der Waals surface area contributed by atoms with Crippen molar-refractivity contribution in [2.75, 3.05) is 7.05 Å². The van der Waals surface area contributed by atoms with Gasteiger partial charge in [0.25, 0.3) is 0 Å². The van der Waals surface area contributed by atoms with Crippen LogP contribution in [0.2, 0.25) is 0 Å². The number of aryl methyl sites for hydroxylation is 1. The first kappa shape index (κ1) is 17.1. The largest absolute Gasteiger partial charge is 0.370 e. The van der Waals surface area contributed by atoms with Gasteiger partial charge in [-0.2, -0.15) is 0 Å². The number of carbonyl (C=O) groups excluding carboxylic acids is 1. The monoisotopic (exact) mass is 337 g/mol. The van der Waals surface area contributed by atoms with Crippen molar-refractivity contribution in [1.82, 2.24) is 19.4 Å². The smallest absolute Gasteiger partial charge is 0.219 e. The summed E-state index contributed by atoms with van der Waals surface area (Å²) < 4.78 is 2.11. The maximum absolute atomic E-state index is 11.1. The van der Waals surface area contributed by atoms with E-state index in [1.54, 1.807) is 12.5 Å². The lowest BCUT2D eigenvalue weighted by atomic mass is 10.1. The van der Waals surface area contributed by atoms with Gasteiger partial charge in [-0.3, -0.25) is 9.69 Å². The van der Waals surface area contributed by atoms with Crippen LogP contribution >= 0.6 is 0 Å². The van der Waals surface area contributed by atoms with Crippen LogP contribution in [0.4, 0.5) is 0 Å². The third-order valence-corrected chi connectivity index (χ3v) is 4.58. The van der Waals surface area contributed by atoms with Gasteiger partial charge in [-0.05, 0) is 31.7 Å². The Kier molecular flexibility index (Phi) is 5.09. The highest BCUT2D eigenvalue weighted by Gasteiger charge is 2.16. The molecule has 25 heavy (non-hydrogen) atoms. The number of nitrogens with two attached hydrogens (primary N) is 1. The van der Waals surface area contributed by atoms with Gasteiger partial charge >= 0.3 is 0 Å². The van der Waals surface area contributed by atoms with E-state index in [-0.39, 0.29) is 11.9 Å². The van der Waals surface area contributed by atoms with Crippen molar-refractivity contribution >= 4 is 16.8 Å². The van der Waals surface area contributed by atoms with Crippen LogP contribution in [0.3, 0.4) is 0 Å². The van der Waals surface area contributed by atoms with E-state index in [2.05, 4.69) is 51.7 Å². The summed E-state index contributed by atoms with van der Waals surface area (Å²) in [5.74, 6) is -0.283. The Morgan fingerprint density at radius 3 is 2.84 bits per heavy atom. The molecule has 2 N–H and O–H groups in total. The lowest BCUT2D eigenvalue weighted by Crippen LogP contribution is -2.22. The van der Waals surface area contributed by atoms with Gasteiger partial charge in [0.2, 0.25) is 5.91 Å². The quantitative estimate of drug-likeness (QED) is 0.718. The van der Waals surface area contributed by atoms with Crippen molar-refractivity contribution < 1.29 is 4.79 Å². The molecule has 0 aliphatic heterocycles. The summed E-state index contributed by atoms with van der Waals surface area (Å²) in [6.07, 6.45) is 5.81. The fourth-order valence-corrected chi connectivity index (χ4v) is 3.04. The SMILES string of the molecule is C[C@H](c1ccncn1)N(C)Cc1cn(CCC(N)=O)c2ccccc12. The first-order chi connectivity index (χ1) is 12.1. The molecule has 3 aromatic rings. The minimum absolute atomic E-state index is 0.177. The molecule has 0 aliphatic carbocycles. The van der Waals surface area contributed by atoms with Crippen LogP contribution in [0, 0.1) is 0 Å². The van der Waals surface area contributed by atoms with E-state index >= 15 is 0 Å². The molecular formula is C19H23N5O. The Bertz CT molecular complexity index is 859. The maximum Gasteiger partial charge on any atom is 0.219 e. The third kappa shape index (κ3) is 3.85. The Balaban J connectivity index is 1.84. The molecule has 6 heteroatoms. The minimum Gasteiger partial charge on any atom is -0.370 e. The van der Waals surface area contributed by atoms with Crippen LogP contribution in [0.25, 0.3) is 10.9 Å². The Labute approximate surface area is 147 Å². The summed E-state index contributed by atoms with van der Waals surface area (Å²) in [5.41, 5.74) is 8.65. The van der Waals surface area contributed by atoms with Crippen LogP contribution in [0.5, 0.6) is 0 Å². The molecule has 0 bridgehead atoms. The summed E-state index contributed by atoms with van der Waals surface area (Å²) in [6, 6.07) is 10.4. The number of hydrogen-bond donors (Lipinski definition) is 1. The number of aromatic nitrogens is 3. The van der Waals surface area contributed by atoms with Crippen molar-refractivity contribution in [3.63, 3.8) is 0 Å². The first-order valence-electron chi connectivity index (χ1n) is 8.37. The van der Waals surface area contributed by atoms with Crippen LogP contribution in [-0.2, 0) is 17.9 Å². The number of primary amides is 1. The lowest BCUT2D eigenvalue weighted by Gasteiger charge is -2.23. The second-order valence-corrected chi connectivity index (χ2v) is 6.31. The number of fused-ring (bicyclic) bond motifs is 1. The zero-order valence-electron chi connectivity index (χ0n) is 14.6. The molecule has 1 aromatic carbocycles. The predicted molar refractivity (Wildman–Crippen MR) is 97.7 cm³/mol. The van der Waals surface area contributed by atoms with Crippen LogP contribution in [-0.4, -0.2) is 32.4 Å². The number of para-hydroxylation sites is 1. The molecule has 3 rings (SSSR count). The highest BCUT2D eigenvalue weighted by Crippen LogP contribution is 2.25. The number of amides is 1. The van der Waals surface area contributed by atoms with Gasteiger partial charge in [-0.1, -0.05) is 18.2 Å². The zero-order valence-corrected chi connectivity index (χ0v) is 14.6. The molecule has 0 saturated carbocycles. The molecule has 130 valence electrons. The molecule has 1 amide bonds. The van der Waals surface area contributed by atoms with Gasteiger partial charge in [0.1, 0.15) is 6.33 Å². The van der Waals surface area contributed by atoms with E-state index in [1.165, 1.54) is 10.9 Å². The summed E-state index contributed by atoms with van der Waals surface area (Å²) in [7, 11) is 2.09. The highest BCUT2D eigenvalue weighted by atomic mass is 16.1. The van der Waals surface area contributed by atoms with Crippen molar-refractivity contribution in [2.45, 2.75) is 32.5 Å².